The number of rotatable bonds is 5. The smallest absolute Gasteiger partial charge is 0.251 e. The summed E-state index contributed by atoms with van der Waals surface area (Å²) in [7, 11) is 1.55. The average Bonchev–Trinajstić information content (AvgIpc) is 2.27. The first-order valence-electron chi connectivity index (χ1n) is 6.18. The van der Waals surface area contributed by atoms with Crippen molar-refractivity contribution >= 4 is 11.6 Å². The van der Waals surface area contributed by atoms with Crippen LogP contribution >= 0.6 is 0 Å². The molecular weight excluding hydrogens is 228 g/mol. The minimum absolute atomic E-state index is 0.0995. The van der Waals surface area contributed by atoms with Crippen molar-refractivity contribution in [3.8, 4) is 5.75 Å². The van der Waals surface area contributed by atoms with Crippen molar-refractivity contribution in [2.75, 3.05) is 12.8 Å². The van der Waals surface area contributed by atoms with Gasteiger partial charge in [0, 0.05) is 11.6 Å². The van der Waals surface area contributed by atoms with Crippen LogP contribution in [0.25, 0.3) is 0 Å². The molecule has 1 unspecified atom stereocenters. The van der Waals surface area contributed by atoms with Gasteiger partial charge in [-0.3, -0.25) is 4.79 Å². The van der Waals surface area contributed by atoms with E-state index >= 15 is 0 Å². The lowest BCUT2D eigenvalue weighted by atomic mass is 10.0. The standard InChI is InChI=1S/C14H22N2O2/c1-9(2)7-10(3)16-14(17)11-5-6-13(18-4)12(15)8-11/h5-6,8-10H,7,15H2,1-4H3,(H,16,17). The fourth-order valence-electron chi connectivity index (χ4n) is 1.95. The highest BCUT2D eigenvalue weighted by molar-refractivity contribution is 5.95. The Morgan fingerprint density at radius 1 is 1.39 bits per heavy atom. The zero-order chi connectivity index (χ0) is 13.7. The predicted molar refractivity (Wildman–Crippen MR) is 73.8 cm³/mol. The fourth-order valence-corrected chi connectivity index (χ4v) is 1.95. The molecular formula is C14H22N2O2. The third kappa shape index (κ3) is 3.95. The van der Waals surface area contributed by atoms with E-state index in [4.69, 9.17) is 10.5 Å². The Bertz CT molecular complexity index is 416. The molecule has 1 aromatic rings. The second-order valence-electron chi connectivity index (χ2n) is 4.96. The zero-order valence-corrected chi connectivity index (χ0v) is 11.5. The van der Waals surface area contributed by atoms with Gasteiger partial charge in [0.1, 0.15) is 5.75 Å². The predicted octanol–water partition coefficient (Wildman–Crippen LogP) is 2.44. The summed E-state index contributed by atoms with van der Waals surface area (Å²) in [5.74, 6) is 1.04. The van der Waals surface area contributed by atoms with E-state index in [2.05, 4.69) is 19.2 Å². The van der Waals surface area contributed by atoms with Crippen LogP contribution in [0.2, 0.25) is 0 Å². The molecule has 0 aliphatic rings. The molecule has 0 saturated heterocycles. The number of anilines is 1. The molecule has 0 aliphatic carbocycles. The summed E-state index contributed by atoms with van der Waals surface area (Å²) in [6.45, 7) is 6.27. The Morgan fingerprint density at radius 3 is 2.56 bits per heavy atom. The molecule has 0 aromatic heterocycles. The normalized spacial score (nSPS) is 12.3. The van der Waals surface area contributed by atoms with E-state index in [1.165, 1.54) is 0 Å². The Morgan fingerprint density at radius 2 is 2.06 bits per heavy atom. The first-order chi connectivity index (χ1) is 8.43. The highest BCUT2D eigenvalue weighted by Crippen LogP contribution is 2.21. The molecule has 0 fully saturated rings. The maximum Gasteiger partial charge on any atom is 0.251 e. The summed E-state index contributed by atoms with van der Waals surface area (Å²) < 4.78 is 5.06. The van der Waals surface area contributed by atoms with Crippen LogP contribution in [0.5, 0.6) is 5.75 Å². The van der Waals surface area contributed by atoms with Gasteiger partial charge >= 0.3 is 0 Å². The van der Waals surface area contributed by atoms with Crippen molar-refractivity contribution in [3.63, 3.8) is 0 Å². The maximum atomic E-state index is 12.0. The summed E-state index contributed by atoms with van der Waals surface area (Å²) in [5, 5.41) is 2.96. The van der Waals surface area contributed by atoms with Crippen LogP contribution in [0, 0.1) is 5.92 Å². The first kappa shape index (κ1) is 14.4. The number of nitrogen functional groups attached to an aromatic ring is 1. The van der Waals surface area contributed by atoms with Crippen molar-refractivity contribution in [2.45, 2.75) is 33.2 Å². The van der Waals surface area contributed by atoms with Gasteiger partial charge in [-0.25, -0.2) is 0 Å². The monoisotopic (exact) mass is 250 g/mol. The van der Waals surface area contributed by atoms with Crippen LogP contribution in [0.3, 0.4) is 0 Å². The Kier molecular flexibility index (Phi) is 5.01. The molecule has 0 spiro atoms. The van der Waals surface area contributed by atoms with Gasteiger partial charge < -0.3 is 15.8 Å². The maximum absolute atomic E-state index is 12.0. The van der Waals surface area contributed by atoms with Crippen LogP contribution in [-0.2, 0) is 0 Å². The van der Waals surface area contributed by atoms with Crippen LogP contribution in [-0.4, -0.2) is 19.1 Å². The van der Waals surface area contributed by atoms with E-state index in [9.17, 15) is 4.79 Å². The third-order valence-electron chi connectivity index (χ3n) is 2.69. The number of carbonyl (C=O) groups excluding carboxylic acids is 1. The molecule has 4 nitrogen and oxygen atoms in total. The number of carbonyl (C=O) groups is 1. The lowest BCUT2D eigenvalue weighted by Gasteiger charge is -2.16. The molecule has 3 N–H and O–H groups in total. The van der Waals surface area contributed by atoms with Crippen LogP contribution in [0.15, 0.2) is 18.2 Å². The number of benzene rings is 1. The van der Waals surface area contributed by atoms with E-state index in [0.29, 0.717) is 22.9 Å². The number of methoxy groups -OCH3 is 1. The topological polar surface area (TPSA) is 64.3 Å². The quantitative estimate of drug-likeness (QED) is 0.789. The number of hydrogen-bond donors (Lipinski definition) is 2. The molecule has 1 aromatic carbocycles. The fraction of sp³-hybridized carbons (Fsp3) is 0.500. The van der Waals surface area contributed by atoms with Crippen LogP contribution in [0.1, 0.15) is 37.6 Å². The number of nitrogens with two attached hydrogens (primary N) is 1. The summed E-state index contributed by atoms with van der Waals surface area (Å²) in [6.07, 6.45) is 0.956. The van der Waals surface area contributed by atoms with E-state index in [1.54, 1.807) is 25.3 Å². The molecule has 0 radical (unpaired) electrons. The molecule has 0 aliphatic heterocycles. The molecule has 0 bridgehead atoms. The van der Waals surface area contributed by atoms with Gasteiger partial charge in [0.25, 0.3) is 5.91 Å². The largest absolute Gasteiger partial charge is 0.495 e. The lowest BCUT2D eigenvalue weighted by molar-refractivity contribution is 0.0936. The number of amides is 1. The number of nitrogens with one attached hydrogen (secondary N) is 1. The summed E-state index contributed by atoms with van der Waals surface area (Å²) >= 11 is 0. The SMILES string of the molecule is COc1ccc(C(=O)NC(C)CC(C)C)cc1N. The average molecular weight is 250 g/mol. The highest BCUT2D eigenvalue weighted by Gasteiger charge is 2.12. The Balaban J connectivity index is 2.70. The van der Waals surface area contributed by atoms with Gasteiger partial charge in [-0.15, -0.1) is 0 Å². The zero-order valence-electron chi connectivity index (χ0n) is 11.5. The Hall–Kier alpha value is -1.71. The van der Waals surface area contributed by atoms with Gasteiger partial charge in [-0.1, -0.05) is 13.8 Å². The van der Waals surface area contributed by atoms with Crippen LogP contribution in [0.4, 0.5) is 5.69 Å². The molecule has 1 atom stereocenters. The van der Waals surface area contributed by atoms with Crippen molar-refractivity contribution in [2.24, 2.45) is 5.92 Å². The van der Waals surface area contributed by atoms with Crippen molar-refractivity contribution in [1.29, 1.82) is 0 Å². The molecule has 0 heterocycles. The minimum Gasteiger partial charge on any atom is -0.495 e. The van der Waals surface area contributed by atoms with Gasteiger partial charge in [0.2, 0.25) is 0 Å². The second kappa shape index (κ2) is 6.28. The molecule has 4 heteroatoms. The minimum atomic E-state index is -0.0995. The summed E-state index contributed by atoms with van der Waals surface area (Å²) in [4.78, 5) is 12.0. The van der Waals surface area contributed by atoms with Gasteiger partial charge in [0.15, 0.2) is 0 Å². The lowest BCUT2D eigenvalue weighted by Crippen LogP contribution is -2.33. The van der Waals surface area contributed by atoms with E-state index in [0.717, 1.165) is 6.42 Å². The van der Waals surface area contributed by atoms with Gasteiger partial charge in [0.05, 0.1) is 12.8 Å². The first-order valence-corrected chi connectivity index (χ1v) is 6.18. The Labute approximate surface area is 109 Å². The van der Waals surface area contributed by atoms with Crippen molar-refractivity contribution < 1.29 is 9.53 Å². The van der Waals surface area contributed by atoms with Crippen molar-refractivity contribution in [3.05, 3.63) is 23.8 Å². The summed E-state index contributed by atoms with van der Waals surface area (Å²) in [6, 6.07) is 5.21. The molecule has 18 heavy (non-hydrogen) atoms. The van der Waals surface area contributed by atoms with Gasteiger partial charge in [-0.2, -0.15) is 0 Å². The van der Waals surface area contributed by atoms with E-state index < -0.39 is 0 Å². The third-order valence-corrected chi connectivity index (χ3v) is 2.69. The molecule has 0 saturated carbocycles. The molecule has 1 rings (SSSR count). The summed E-state index contributed by atoms with van der Waals surface area (Å²) in [5.41, 5.74) is 6.81. The van der Waals surface area contributed by atoms with E-state index in [-0.39, 0.29) is 11.9 Å². The van der Waals surface area contributed by atoms with Crippen LogP contribution < -0.4 is 15.8 Å². The van der Waals surface area contributed by atoms with Gasteiger partial charge in [-0.05, 0) is 37.5 Å². The van der Waals surface area contributed by atoms with E-state index in [1.807, 2.05) is 6.92 Å². The molecule has 100 valence electrons. The number of hydrogen-bond acceptors (Lipinski definition) is 3. The number of ether oxygens (including phenoxy) is 1. The highest BCUT2D eigenvalue weighted by atomic mass is 16.5. The van der Waals surface area contributed by atoms with Crippen molar-refractivity contribution in [1.82, 2.24) is 5.32 Å². The molecule has 1 amide bonds. The second-order valence-corrected chi connectivity index (χ2v) is 4.96.